The van der Waals surface area contributed by atoms with Gasteiger partial charge in [0.15, 0.2) is 0 Å². The predicted octanol–water partition coefficient (Wildman–Crippen LogP) is 2.05. The topological polar surface area (TPSA) is 60.2 Å². The Kier molecular flexibility index (Phi) is 3.27. The Labute approximate surface area is 109 Å². The Hall–Kier alpha value is -1.43. The summed E-state index contributed by atoms with van der Waals surface area (Å²) in [6.45, 7) is 2.18. The summed E-state index contributed by atoms with van der Waals surface area (Å²) in [7, 11) is 0. The third-order valence-corrected chi connectivity index (χ3v) is 3.09. The van der Waals surface area contributed by atoms with Crippen molar-refractivity contribution in [2.45, 2.75) is 6.10 Å². The number of benzene rings is 1. The molecule has 0 saturated carbocycles. The molecule has 1 aromatic carbocycles. The van der Waals surface area contributed by atoms with Gasteiger partial charge in [-0.05, 0) is 12.1 Å². The first-order valence-electron chi connectivity index (χ1n) is 5.75. The van der Waals surface area contributed by atoms with Crippen molar-refractivity contribution in [3.05, 3.63) is 35.2 Å². The number of aromatic nitrogens is 2. The molecule has 18 heavy (non-hydrogen) atoms. The van der Waals surface area contributed by atoms with Crippen molar-refractivity contribution in [1.82, 2.24) is 15.5 Å². The molecule has 1 aliphatic rings. The van der Waals surface area contributed by atoms with Crippen molar-refractivity contribution in [2.24, 2.45) is 0 Å². The van der Waals surface area contributed by atoms with Gasteiger partial charge in [-0.15, -0.1) is 0 Å². The van der Waals surface area contributed by atoms with Gasteiger partial charge in [-0.3, -0.25) is 0 Å². The summed E-state index contributed by atoms with van der Waals surface area (Å²) >= 11 is 6.09. The predicted molar refractivity (Wildman–Crippen MR) is 66.3 cm³/mol. The van der Waals surface area contributed by atoms with Gasteiger partial charge in [0.2, 0.25) is 5.82 Å². The minimum Gasteiger partial charge on any atom is -0.366 e. The molecule has 1 fully saturated rings. The van der Waals surface area contributed by atoms with Crippen molar-refractivity contribution < 1.29 is 9.26 Å². The molecule has 0 radical (unpaired) electrons. The first kappa shape index (κ1) is 11.6. The van der Waals surface area contributed by atoms with Crippen LogP contribution in [0, 0.1) is 0 Å². The fourth-order valence-electron chi connectivity index (χ4n) is 1.84. The zero-order valence-electron chi connectivity index (χ0n) is 9.60. The second kappa shape index (κ2) is 5.06. The van der Waals surface area contributed by atoms with E-state index in [1.807, 2.05) is 18.2 Å². The molecular weight excluding hydrogens is 254 g/mol. The van der Waals surface area contributed by atoms with Gasteiger partial charge in [-0.1, -0.05) is 28.9 Å². The van der Waals surface area contributed by atoms with Crippen molar-refractivity contribution in [3.8, 4) is 11.4 Å². The molecule has 1 atom stereocenters. The summed E-state index contributed by atoms with van der Waals surface area (Å²) in [4.78, 5) is 4.34. The van der Waals surface area contributed by atoms with E-state index in [9.17, 15) is 0 Å². The molecule has 2 aromatic rings. The van der Waals surface area contributed by atoms with Gasteiger partial charge in [-0.2, -0.15) is 4.98 Å². The molecule has 1 saturated heterocycles. The maximum Gasteiger partial charge on any atom is 0.257 e. The Bertz CT molecular complexity index is 538. The van der Waals surface area contributed by atoms with Crippen molar-refractivity contribution in [3.63, 3.8) is 0 Å². The summed E-state index contributed by atoms with van der Waals surface area (Å²) < 4.78 is 10.8. The van der Waals surface area contributed by atoms with Gasteiger partial charge >= 0.3 is 0 Å². The molecule has 0 bridgehead atoms. The second-order valence-electron chi connectivity index (χ2n) is 4.00. The molecule has 1 aliphatic heterocycles. The summed E-state index contributed by atoms with van der Waals surface area (Å²) in [5.74, 6) is 0.974. The molecule has 2 heterocycles. The van der Waals surface area contributed by atoms with Crippen molar-refractivity contribution >= 4 is 11.6 Å². The Morgan fingerprint density at radius 3 is 3.00 bits per heavy atom. The van der Waals surface area contributed by atoms with Crippen LogP contribution in [0.25, 0.3) is 11.4 Å². The van der Waals surface area contributed by atoms with E-state index >= 15 is 0 Å². The van der Waals surface area contributed by atoms with Crippen LogP contribution >= 0.6 is 11.6 Å². The highest BCUT2D eigenvalue weighted by Gasteiger charge is 2.22. The van der Waals surface area contributed by atoms with E-state index in [4.69, 9.17) is 20.9 Å². The van der Waals surface area contributed by atoms with Crippen molar-refractivity contribution in [2.75, 3.05) is 19.7 Å². The smallest absolute Gasteiger partial charge is 0.257 e. The number of nitrogens with zero attached hydrogens (tertiary/aromatic N) is 2. The zero-order valence-corrected chi connectivity index (χ0v) is 10.4. The molecule has 5 nitrogen and oxygen atoms in total. The SMILES string of the molecule is Clc1ccccc1-c1noc([C@@H]2CNCCO2)n1. The van der Waals surface area contributed by atoms with E-state index in [-0.39, 0.29) is 6.10 Å². The molecule has 0 aliphatic carbocycles. The van der Waals surface area contributed by atoms with E-state index in [2.05, 4.69) is 15.5 Å². The number of halogens is 1. The van der Waals surface area contributed by atoms with Gasteiger partial charge in [0.1, 0.15) is 6.10 Å². The summed E-state index contributed by atoms with van der Waals surface area (Å²) in [5.41, 5.74) is 0.762. The number of hydrogen-bond acceptors (Lipinski definition) is 5. The Morgan fingerprint density at radius 2 is 2.22 bits per heavy atom. The number of ether oxygens (including phenoxy) is 1. The number of nitrogens with one attached hydrogen (secondary N) is 1. The minimum atomic E-state index is -0.178. The highest BCUT2D eigenvalue weighted by atomic mass is 35.5. The van der Waals surface area contributed by atoms with E-state index in [1.54, 1.807) is 6.07 Å². The average molecular weight is 266 g/mol. The van der Waals surface area contributed by atoms with E-state index in [0.717, 1.165) is 12.1 Å². The van der Waals surface area contributed by atoms with E-state index in [0.29, 0.717) is 29.9 Å². The fourth-order valence-corrected chi connectivity index (χ4v) is 2.06. The van der Waals surface area contributed by atoms with Crippen LogP contribution in [-0.2, 0) is 4.74 Å². The van der Waals surface area contributed by atoms with Crippen LogP contribution in [-0.4, -0.2) is 29.8 Å². The summed E-state index contributed by atoms with van der Waals surface area (Å²) in [6, 6.07) is 7.40. The third-order valence-electron chi connectivity index (χ3n) is 2.76. The number of rotatable bonds is 2. The molecule has 3 rings (SSSR count). The van der Waals surface area contributed by atoms with Crippen LogP contribution in [0.2, 0.25) is 5.02 Å². The molecule has 0 amide bonds. The van der Waals surface area contributed by atoms with Gasteiger partial charge in [0, 0.05) is 18.7 Å². The monoisotopic (exact) mass is 265 g/mol. The lowest BCUT2D eigenvalue weighted by atomic mass is 10.2. The molecule has 1 N–H and O–H groups in total. The number of hydrogen-bond donors (Lipinski definition) is 1. The first-order chi connectivity index (χ1) is 8.84. The second-order valence-corrected chi connectivity index (χ2v) is 4.41. The normalized spacial score (nSPS) is 19.9. The van der Waals surface area contributed by atoms with Gasteiger partial charge in [0.25, 0.3) is 5.89 Å². The molecular formula is C12H12ClN3O2. The van der Waals surface area contributed by atoms with Gasteiger partial charge in [-0.25, -0.2) is 0 Å². The highest BCUT2D eigenvalue weighted by Crippen LogP contribution is 2.26. The van der Waals surface area contributed by atoms with Gasteiger partial charge in [0.05, 0.1) is 11.6 Å². The summed E-state index contributed by atoms with van der Waals surface area (Å²) in [6.07, 6.45) is -0.178. The Morgan fingerprint density at radius 1 is 1.33 bits per heavy atom. The molecule has 94 valence electrons. The van der Waals surface area contributed by atoms with Crippen LogP contribution in [0.15, 0.2) is 28.8 Å². The third kappa shape index (κ3) is 2.25. The Balaban J connectivity index is 1.87. The number of morpholine rings is 1. The maximum absolute atomic E-state index is 6.09. The van der Waals surface area contributed by atoms with Crippen molar-refractivity contribution in [1.29, 1.82) is 0 Å². The van der Waals surface area contributed by atoms with Crippen LogP contribution in [0.1, 0.15) is 12.0 Å². The van der Waals surface area contributed by atoms with Crippen LogP contribution in [0.5, 0.6) is 0 Å². The van der Waals surface area contributed by atoms with E-state index in [1.165, 1.54) is 0 Å². The van der Waals surface area contributed by atoms with Crippen LogP contribution in [0.3, 0.4) is 0 Å². The highest BCUT2D eigenvalue weighted by molar-refractivity contribution is 6.33. The first-order valence-corrected chi connectivity index (χ1v) is 6.13. The van der Waals surface area contributed by atoms with Crippen LogP contribution < -0.4 is 5.32 Å². The lowest BCUT2D eigenvalue weighted by molar-refractivity contribution is 0.00755. The maximum atomic E-state index is 6.09. The van der Waals surface area contributed by atoms with Gasteiger partial charge < -0.3 is 14.6 Å². The van der Waals surface area contributed by atoms with Crippen LogP contribution in [0.4, 0.5) is 0 Å². The molecule has 6 heteroatoms. The fraction of sp³-hybridized carbons (Fsp3) is 0.333. The molecule has 0 spiro atoms. The lowest BCUT2D eigenvalue weighted by Gasteiger charge is -2.19. The standard InChI is InChI=1S/C12H12ClN3O2/c13-9-4-2-1-3-8(9)11-15-12(18-16-11)10-7-14-5-6-17-10/h1-4,10,14H,5-7H2/t10-/m0/s1. The summed E-state index contributed by atoms with van der Waals surface area (Å²) in [5, 5.41) is 7.76. The quantitative estimate of drug-likeness (QED) is 0.901. The average Bonchev–Trinajstić information content (AvgIpc) is 2.90. The minimum absolute atomic E-state index is 0.178. The lowest BCUT2D eigenvalue weighted by Crippen LogP contribution is -2.33. The molecule has 1 aromatic heterocycles. The molecule has 0 unspecified atom stereocenters. The zero-order chi connectivity index (χ0) is 12.4. The van der Waals surface area contributed by atoms with E-state index < -0.39 is 0 Å². The largest absolute Gasteiger partial charge is 0.366 e.